The van der Waals surface area contributed by atoms with Crippen LogP contribution in [0.15, 0.2) is 174 Å². The van der Waals surface area contributed by atoms with Gasteiger partial charge in [-0.1, -0.05) is 151 Å². The average Bonchev–Trinajstić information content (AvgIpc) is 3.62. The maximum atomic E-state index is 9.76. The van der Waals surface area contributed by atoms with Crippen LogP contribution in [0, 0.1) is 0 Å². The minimum absolute atomic E-state index is 0.0656. The van der Waals surface area contributed by atoms with Gasteiger partial charge in [0.1, 0.15) is 11.2 Å². The number of benzene rings is 8. The SMILES string of the molecule is [2H]c1c([2H])c([2H])c(-c2cccc(-c3c4ccccc4c(-c4c([2H])c([2H])c5oc6c(-c7ccccc7)c([2H])c([2H])c([2H])c6c5c4[2H])c4ccccc34)c2)c([2H])c1[2H]. The van der Waals surface area contributed by atoms with E-state index in [0.29, 0.717) is 33.0 Å². The molecule has 9 aromatic rings. The molecule has 1 aromatic heterocycles. The maximum Gasteiger partial charge on any atom is 0.143 e. The fourth-order valence-electron chi connectivity index (χ4n) is 6.29. The molecule has 45 heavy (non-hydrogen) atoms. The van der Waals surface area contributed by atoms with Crippen molar-refractivity contribution in [3.05, 3.63) is 170 Å². The van der Waals surface area contributed by atoms with Crippen LogP contribution in [-0.2, 0) is 0 Å². The van der Waals surface area contributed by atoms with E-state index in [1.165, 1.54) is 0 Å². The van der Waals surface area contributed by atoms with Crippen molar-refractivity contribution in [1.82, 2.24) is 0 Å². The van der Waals surface area contributed by atoms with E-state index in [-0.39, 0.29) is 87.0 Å². The third-order valence-electron chi connectivity index (χ3n) is 8.25. The number of hydrogen-bond acceptors (Lipinski definition) is 1. The van der Waals surface area contributed by atoms with E-state index in [2.05, 4.69) is 0 Å². The lowest BCUT2D eigenvalue weighted by atomic mass is 9.85. The molecular weight excluding hydrogens is 544 g/mol. The Morgan fingerprint density at radius 3 is 1.73 bits per heavy atom. The Kier molecular flexibility index (Phi) is 3.87. The highest BCUT2D eigenvalue weighted by atomic mass is 16.3. The first-order valence-corrected chi connectivity index (χ1v) is 14.5. The minimum Gasteiger partial charge on any atom is -0.455 e. The molecule has 0 spiro atoms. The monoisotopic (exact) mass is 583 g/mol. The zero-order valence-corrected chi connectivity index (χ0v) is 23.7. The summed E-state index contributed by atoms with van der Waals surface area (Å²) in [6.07, 6.45) is 0. The van der Waals surface area contributed by atoms with Crippen LogP contribution in [0.1, 0.15) is 15.1 Å². The Balaban J connectivity index is 1.38. The van der Waals surface area contributed by atoms with E-state index >= 15 is 0 Å². The fraction of sp³-hybridized carbons (Fsp3) is 0. The zero-order valence-electron chi connectivity index (χ0n) is 34.7. The highest BCUT2D eigenvalue weighted by Crippen LogP contribution is 2.45. The summed E-state index contributed by atoms with van der Waals surface area (Å²) in [6.45, 7) is 0. The predicted molar refractivity (Wildman–Crippen MR) is 190 cm³/mol. The predicted octanol–water partition coefficient (Wildman–Crippen LogP) is 12.6. The van der Waals surface area contributed by atoms with Gasteiger partial charge in [-0.25, -0.2) is 0 Å². The van der Waals surface area contributed by atoms with Gasteiger partial charge in [-0.3, -0.25) is 0 Å². The lowest BCUT2D eigenvalue weighted by Gasteiger charge is -2.18. The smallest absolute Gasteiger partial charge is 0.143 e. The molecule has 210 valence electrons. The van der Waals surface area contributed by atoms with Crippen LogP contribution in [0.25, 0.3) is 88.0 Å². The molecule has 0 bridgehead atoms. The molecule has 0 atom stereocenters. The summed E-state index contributed by atoms with van der Waals surface area (Å²) in [5.74, 6) is 0. The van der Waals surface area contributed by atoms with Gasteiger partial charge < -0.3 is 4.42 Å². The summed E-state index contributed by atoms with van der Waals surface area (Å²) < 4.78 is 103. The van der Waals surface area contributed by atoms with Crippen LogP contribution < -0.4 is 0 Å². The summed E-state index contributed by atoms with van der Waals surface area (Å²) in [7, 11) is 0. The Labute approximate surface area is 277 Å². The summed E-state index contributed by atoms with van der Waals surface area (Å²) in [6, 6.07) is 27.8. The van der Waals surface area contributed by atoms with Gasteiger partial charge in [0.2, 0.25) is 0 Å². The summed E-state index contributed by atoms with van der Waals surface area (Å²) in [5.41, 5.74) is 3.61. The van der Waals surface area contributed by atoms with Gasteiger partial charge in [0.05, 0.1) is 15.1 Å². The van der Waals surface area contributed by atoms with E-state index in [0.717, 1.165) is 16.3 Å². The number of hydrogen-bond donors (Lipinski definition) is 0. The van der Waals surface area contributed by atoms with Crippen LogP contribution in [0.3, 0.4) is 0 Å². The molecule has 1 heterocycles. The third kappa shape index (κ3) is 4.17. The van der Waals surface area contributed by atoms with Crippen LogP contribution in [0.5, 0.6) is 0 Å². The van der Waals surface area contributed by atoms with Gasteiger partial charge in [0.25, 0.3) is 0 Å². The van der Waals surface area contributed by atoms with E-state index in [1.807, 2.05) is 60.7 Å². The van der Waals surface area contributed by atoms with Gasteiger partial charge >= 0.3 is 0 Å². The second kappa shape index (κ2) is 10.4. The van der Waals surface area contributed by atoms with Crippen molar-refractivity contribution >= 4 is 43.5 Å². The molecule has 0 N–H and O–H groups in total. The molecule has 1 heteroatoms. The first kappa shape index (κ1) is 16.8. The van der Waals surface area contributed by atoms with Crippen molar-refractivity contribution < 1.29 is 19.5 Å². The Hall–Kier alpha value is -5.92. The number of rotatable bonds is 4. The number of para-hydroxylation sites is 1. The molecule has 0 radical (unpaired) electrons. The van der Waals surface area contributed by atoms with Crippen LogP contribution >= 0.6 is 0 Å². The first-order chi connectivity index (χ1) is 26.9. The second-order valence-corrected chi connectivity index (χ2v) is 10.8. The molecular formula is C44H28O. The molecule has 0 saturated carbocycles. The molecule has 0 saturated heterocycles. The highest BCUT2D eigenvalue weighted by Gasteiger charge is 2.19. The number of fused-ring (bicyclic) bond motifs is 5. The average molecular weight is 584 g/mol. The molecule has 0 aliphatic carbocycles. The van der Waals surface area contributed by atoms with Gasteiger partial charge in [-0.05, 0) is 78.6 Å². The third-order valence-corrected chi connectivity index (χ3v) is 8.25. The maximum absolute atomic E-state index is 9.76. The topological polar surface area (TPSA) is 13.1 Å². The normalized spacial score (nSPS) is 15.0. The highest BCUT2D eigenvalue weighted by molar-refractivity contribution is 6.22. The first-order valence-electron chi connectivity index (χ1n) is 20.0. The molecule has 0 amide bonds. The summed E-state index contributed by atoms with van der Waals surface area (Å²) in [4.78, 5) is 0. The van der Waals surface area contributed by atoms with Crippen molar-refractivity contribution in [2.24, 2.45) is 0 Å². The largest absolute Gasteiger partial charge is 0.455 e. The molecule has 1 nitrogen and oxygen atoms in total. The number of furan rings is 1. The fourth-order valence-corrected chi connectivity index (χ4v) is 6.29. The molecule has 0 aliphatic heterocycles. The zero-order chi connectivity index (χ0) is 39.3. The van der Waals surface area contributed by atoms with Crippen molar-refractivity contribution in [1.29, 1.82) is 0 Å². The molecule has 9 rings (SSSR count). The standard InChI is InChI=1S/C44H28O/c1-3-13-29(14-4-1)31-17-11-18-32(27-31)42-35-19-7-9-21-37(35)43(38-22-10-8-20-36(38)42)33-25-26-41-40(28-33)39-24-12-23-34(44(39)45-41)30-15-5-2-6-16-30/h1-28H/i1D,3D,4D,12D,13D,14D,23D,24D,25D,26D,28D. The van der Waals surface area contributed by atoms with Gasteiger partial charge in [0, 0.05) is 16.3 Å². The lowest BCUT2D eigenvalue weighted by molar-refractivity contribution is 0.670. The lowest BCUT2D eigenvalue weighted by Crippen LogP contribution is -1.91. The van der Waals surface area contributed by atoms with Gasteiger partial charge in [-0.2, -0.15) is 0 Å². The summed E-state index contributed by atoms with van der Waals surface area (Å²) in [5, 5.41) is 3.11. The quantitative estimate of drug-likeness (QED) is 0.188. The second-order valence-electron chi connectivity index (χ2n) is 10.8. The molecule has 8 aromatic carbocycles. The van der Waals surface area contributed by atoms with Crippen LogP contribution in [-0.4, -0.2) is 0 Å². The minimum atomic E-state index is -0.468. The van der Waals surface area contributed by atoms with Crippen LogP contribution in [0.2, 0.25) is 0 Å². The summed E-state index contributed by atoms with van der Waals surface area (Å²) >= 11 is 0. The van der Waals surface area contributed by atoms with Crippen molar-refractivity contribution in [3.63, 3.8) is 0 Å². The molecule has 0 aliphatic rings. The van der Waals surface area contributed by atoms with E-state index < -0.39 is 18.1 Å². The van der Waals surface area contributed by atoms with Crippen LogP contribution in [0.4, 0.5) is 0 Å². The van der Waals surface area contributed by atoms with E-state index in [4.69, 9.17) is 15.4 Å². The van der Waals surface area contributed by atoms with E-state index in [9.17, 15) is 4.11 Å². The van der Waals surface area contributed by atoms with Crippen molar-refractivity contribution in [2.45, 2.75) is 0 Å². The van der Waals surface area contributed by atoms with Crippen molar-refractivity contribution in [2.75, 3.05) is 0 Å². The van der Waals surface area contributed by atoms with Crippen molar-refractivity contribution in [3.8, 4) is 44.5 Å². The Bertz CT molecular complexity index is 3070. The van der Waals surface area contributed by atoms with E-state index in [1.54, 1.807) is 42.5 Å². The Morgan fingerprint density at radius 1 is 0.400 bits per heavy atom. The van der Waals surface area contributed by atoms with Gasteiger partial charge in [-0.15, -0.1) is 0 Å². The van der Waals surface area contributed by atoms with Gasteiger partial charge in [0.15, 0.2) is 0 Å². The molecule has 0 fully saturated rings. The molecule has 0 unspecified atom stereocenters. The Morgan fingerprint density at radius 2 is 1.02 bits per heavy atom.